The SMILES string of the molecule is C1COCC[NH+]2CCOCCOCC[NH+](CCO1)CCOCCOCC2.C1COCC[NH+]2CCOCCOCC[NH+](CCO1)CCOCCOCC2.C1COCC[NH+]2CCOCCOCC[NH+](CCO1)CCOCCOCC2.CN(C)C=O.CN(C)C=O.[K+].[K+].[K+].[Rh].[Sn].[Sn].[Sn].[Sn].[Sn].[Sn].[Sn].[Sn].[Sn].[Sn].[Sn].[Sn]. The van der Waals surface area contributed by atoms with Crippen LogP contribution in [0.2, 0.25) is 0 Å². The Bertz CT molecular complexity index is 1150. The summed E-state index contributed by atoms with van der Waals surface area (Å²) in [5.41, 5.74) is 0. The molecule has 0 aromatic carbocycles. The number of carbonyl (C=O) groups is 2. The summed E-state index contributed by atoms with van der Waals surface area (Å²) >= 11 is 0. The van der Waals surface area contributed by atoms with Gasteiger partial charge in [-0.05, 0) is 0 Å². The van der Waals surface area contributed by atoms with Crippen LogP contribution < -0.4 is 184 Å². The maximum absolute atomic E-state index is 9.43. The van der Waals surface area contributed by atoms with Gasteiger partial charge in [0.05, 0.1) is 238 Å². The van der Waals surface area contributed by atoms with Crippen LogP contribution in [0.1, 0.15) is 0 Å². The molecule has 0 aliphatic carbocycles. The minimum Gasteiger partial charge on any atom is -0.373 e. The molecule has 28 nitrogen and oxygen atoms in total. The Morgan fingerprint density at radius 2 is 0.231 bits per heavy atom. The van der Waals surface area contributed by atoms with Gasteiger partial charge in [-0.25, -0.2) is 0 Å². The van der Waals surface area contributed by atoms with Crippen LogP contribution in [0, 0.1) is 0 Å². The number of nitrogens with zero attached hydrogens (tertiary/aromatic N) is 2. The number of fused-ring (bicyclic) bond motifs is 63. The van der Waals surface area contributed by atoms with Crippen molar-refractivity contribution in [1.82, 2.24) is 9.80 Å². The summed E-state index contributed by atoms with van der Waals surface area (Å²) in [5, 5.41) is 0. The Hall–Kier alpha value is 13.1. The predicted molar refractivity (Wildman–Crippen MR) is 397 cm³/mol. The van der Waals surface area contributed by atoms with E-state index in [-0.39, 0.29) is 461 Å². The summed E-state index contributed by atoms with van der Waals surface area (Å²) in [6, 6.07) is 0. The van der Waals surface area contributed by atoms with Crippen molar-refractivity contribution >= 4 is 300 Å². The van der Waals surface area contributed by atoms with Crippen LogP contribution in [0.5, 0.6) is 0 Å². The third kappa shape index (κ3) is 111. The fraction of sp³-hybridized carbons (Fsp3) is 0.967. The number of carbonyl (C=O) groups excluding carboxylic acids is 2. The Kier molecular flexibility index (Phi) is 181. The van der Waals surface area contributed by atoms with Crippen molar-refractivity contribution in [3.8, 4) is 0 Å². The smallest absolute Gasteiger partial charge is 0.373 e. The summed E-state index contributed by atoms with van der Waals surface area (Å²) in [7, 11) is 6.75. The van der Waals surface area contributed by atoms with Crippen LogP contribution in [0.15, 0.2) is 0 Å². The minimum atomic E-state index is 0. The average molecular weight is 2930 g/mol. The number of hydrogen-bond donors (Lipinski definition) is 6. The molecule has 9 fully saturated rings. The van der Waals surface area contributed by atoms with Crippen LogP contribution in [-0.2, 0) is 114 Å². The maximum Gasteiger partial charge on any atom is 1.00 e. The Labute approximate surface area is 971 Å². The molecule has 104 heavy (non-hydrogen) atoms. The molecule has 0 saturated carbocycles. The zero-order valence-corrected chi connectivity index (χ0v) is 110. The molecular formula is C60H128K3N8O20RhSn12+9. The predicted octanol–water partition coefficient (Wildman–Crippen LogP) is -23.5. The van der Waals surface area contributed by atoms with Crippen molar-refractivity contribution in [1.29, 1.82) is 0 Å². The van der Waals surface area contributed by atoms with Crippen LogP contribution in [0.4, 0.5) is 0 Å². The minimum absolute atomic E-state index is 0. The van der Waals surface area contributed by atoms with Gasteiger partial charge in [-0.1, -0.05) is 0 Å². The van der Waals surface area contributed by atoms with Crippen LogP contribution in [0.25, 0.3) is 0 Å². The summed E-state index contributed by atoms with van der Waals surface area (Å²) in [6.07, 6.45) is 1.50. The first kappa shape index (κ1) is 151. The number of rotatable bonds is 2. The van der Waals surface area contributed by atoms with Crippen LogP contribution in [-0.4, -0.2) is 693 Å². The molecule has 6 N–H and O–H groups in total. The molecule has 44 heteroatoms. The number of amides is 2. The molecule has 9 aliphatic rings. The van der Waals surface area contributed by atoms with E-state index in [4.69, 9.17) is 85.3 Å². The van der Waals surface area contributed by atoms with Gasteiger partial charge in [0.15, 0.2) is 0 Å². The number of quaternary nitrogens is 6. The monoisotopic (exact) mass is 2940 g/mol. The molecule has 9 aliphatic heterocycles. The number of ether oxygens (including phenoxy) is 18. The van der Waals surface area contributed by atoms with E-state index in [2.05, 4.69) is 0 Å². The fourth-order valence-electron chi connectivity index (χ4n) is 9.04. The first-order valence-corrected chi connectivity index (χ1v) is 33.0. The van der Waals surface area contributed by atoms with Gasteiger partial charge in [-0.2, -0.15) is 0 Å². The van der Waals surface area contributed by atoms with Gasteiger partial charge in [0, 0.05) is 335 Å². The molecule has 0 spiro atoms. The Morgan fingerprint density at radius 1 is 0.173 bits per heavy atom. The number of nitrogens with one attached hydrogen (secondary N) is 6. The van der Waals surface area contributed by atoms with E-state index in [1.165, 1.54) is 39.2 Å². The molecule has 0 aromatic rings. The zero-order valence-electron chi connectivity index (χ0n) is 64.7. The summed E-state index contributed by atoms with van der Waals surface area (Å²) in [6.45, 7) is 42.3. The molecule has 2 amide bonds. The Balaban J connectivity index is -0.0000000766. The Morgan fingerprint density at radius 3 is 0.279 bits per heavy atom. The van der Waals surface area contributed by atoms with Gasteiger partial charge in [-0.15, -0.1) is 0 Å². The van der Waals surface area contributed by atoms with Crippen molar-refractivity contribution in [3.63, 3.8) is 0 Å². The zero-order chi connectivity index (χ0) is 62.9. The molecule has 9 saturated heterocycles. The normalized spacial score (nSPS) is 23.5. The number of hydrogen-bond acceptors (Lipinski definition) is 20. The van der Waals surface area contributed by atoms with E-state index >= 15 is 0 Å². The van der Waals surface area contributed by atoms with Gasteiger partial charge in [0.25, 0.3) is 0 Å². The molecule has 0 aromatic heterocycles. The second-order valence-electron chi connectivity index (χ2n) is 22.2. The van der Waals surface area contributed by atoms with Crippen molar-refractivity contribution in [3.05, 3.63) is 0 Å². The maximum atomic E-state index is 9.43. The molecule has 0 atom stereocenters. The fourth-order valence-corrected chi connectivity index (χ4v) is 9.04. The van der Waals surface area contributed by atoms with Crippen molar-refractivity contribution < 1.29 is 298 Å². The van der Waals surface area contributed by atoms with Gasteiger partial charge in [-0.3, -0.25) is 9.59 Å². The molecule has 9 rings (SSSR count). The topological polar surface area (TPSA) is 233 Å². The van der Waals surface area contributed by atoms with E-state index in [0.29, 0.717) is 119 Å². The van der Waals surface area contributed by atoms with E-state index in [0.717, 1.165) is 250 Å². The van der Waals surface area contributed by atoms with Gasteiger partial charge in [0.1, 0.15) is 118 Å². The van der Waals surface area contributed by atoms with E-state index in [1.807, 2.05) is 0 Å². The standard InChI is InChI=1S/3C18H36N2O6.2C3H7NO.3K.Rh.12Sn/c3*1-7-21-13-14-24-10-4-20-5-11-25-17-15-22-8-2-19(1)3-9-23-16-18-26-12-6-20;2*1-4(2)3-5;;;;;;;;;;;;;;;;/h3*1-18H2;2*3H,1-2H3;;;;;;;;;;;;;;;;/q;;;;;3*+1;;;;;;;;;;;;;/p+6. The second-order valence-corrected chi connectivity index (χ2v) is 22.2. The van der Waals surface area contributed by atoms with Crippen LogP contribution >= 0.6 is 0 Å². The van der Waals surface area contributed by atoms with Crippen molar-refractivity contribution in [2.75, 3.05) is 384 Å². The third-order valence-electron chi connectivity index (χ3n) is 14.6. The third-order valence-corrected chi connectivity index (χ3v) is 14.6. The summed E-state index contributed by atoms with van der Waals surface area (Å²) < 4.78 is 103. The molecule has 6 bridgehead atoms. The molecule has 0 unspecified atom stereocenters. The average Bonchev–Trinajstić information content (AvgIpc) is 1.08. The molecule has 579 valence electrons. The van der Waals surface area contributed by atoms with Gasteiger partial charge < -0.3 is 124 Å². The molecule has 9 heterocycles. The van der Waals surface area contributed by atoms with Gasteiger partial charge in [0.2, 0.25) is 12.8 Å². The summed E-state index contributed by atoms with van der Waals surface area (Å²) in [4.78, 5) is 30.4. The quantitative estimate of drug-likeness (QED) is 0.111. The first-order chi connectivity index (χ1) is 43.4. The van der Waals surface area contributed by atoms with Crippen molar-refractivity contribution in [2.45, 2.75) is 0 Å². The van der Waals surface area contributed by atoms with Gasteiger partial charge >= 0.3 is 154 Å². The van der Waals surface area contributed by atoms with Crippen LogP contribution in [0.3, 0.4) is 0 Å². The summed E-state index contributed by atoms with van der Waals surface area (Å²) in [5.74, 6) is 0. The van der Waals surface area contributed by atoms with E-state index in [1.54, 1.807) is 28.2 Å². The van der Waals surface area contributed by atoms with E-state index < -0.39 is 0 Å². The molecule has 49 radical (unpaired) electrons. The first-order valence-electron chi connectivity index (χ1n) is 33.0. The molecular weight excluding hydrogens is 2800 g/mol. The second kappa shape index (κ2) is 125. The largest absolute Gasteiger partial charge is 1.00 e. The van der Waals surface area contributed by atoms with Crippen molar-refractivity contribution in [2.24, 2.45) is 0 Å². The van der Waals surface area contributed by atoms with E-state index in [9.17, 15) is 9.59 Å².